The summed E-state index contributed by atoms with van der Waals surface area (Å²) >= 11 is 7.99. The molecule has 0 radical (unpaired) electrons. The maximum absolute atomic E-state index is 5.93. The van der Waals surface area contributed by atoms with Crippen LogP contribution in [-0.2, 0) is 0 Å². The Labute approximate surface area is 133 Å². The molecule has 0 amide bonds. The average molecular weight is 399 g/mol. The molecule has 0 saturated carbocycles. The number of aromatic nitrogens is 3. The highest BCUT2D eigenvalue weighted by atomic mass is 127. The van der Waals surface area contributed by atoms with Crippen LogP contribution >= 0.6 is 34.2 Å². The maximum Gasteiger partial charge on any atom is 0.260 e. The van der Waals surface area contributed by atoms with E-state index in [1.807, 2.05) is 18.2 Å². The number of benzene rings is 1. The van der Waals surface area contributed by atoms with Crippen LogP contribution in [0.25, 0.3) is 23.0 Å². The lowest BCUT2D eigenvalue weighted by Gasteiger charge is -2.00. The monoisotopic (exact) mass is 398 g/mol. The quantitative estimate of drug-likeness (QED) is 0.527. The van der Waals surface area contributed by atoms with E-state index >= 15 is 0 Å². The van der Waals surface area contributed by atoms with Gasteiger partial charge < -0.3 is 10.3 Å². The average Bonchev–Trinajstić information content (AvgIpc) is 2.92. The second-order valence-electron chi connectivity index (χ2n) is 4.02. The number of nitrogen functional groups attached to an aromatic ring is 1. The Morgan fingerprint density at radius 3 is 2.80 bits per heavy atom. The zero-order valence-corrected chi connectivity index (χ0v) is 13.0. The van der Waals surface area contributed by atoms with Crippen LogP contribution in [0.5, 0.6) is 0 Å². The smallest absolute Gasteiger partial charge is 0.260 e. The summed E-state index contributed by atoms with van der Waals surface area (Å²) in [4.78, 5) is 8.46. The molecule has 2 heterocycles. The lowest BCUT2D eigenvalue weighted by Crippen LogP contribution is -1.91. The van der Waals surface area contributed by atoms with Crippen molar-refractivity contribution in [1.29, 1.82) is 0 Å². The third-order valence-electron chi connectivity index (χ3n) is 2.63. The van der Waals surface area contributed by atoms with E-state index in [9.17, 15) is 0 Å². The second kappa shape index (κ2) is 5.37. The molecule has 0 bridgehead atoms. The predicted octanol–water partition coefficient (Wildman–Crippen LogP) is 3.64. The highest BCUT2D eigenvalue weighted by Crippen LogP contribution is 2.27. The number of anilines is 1. The Balaban J connectivity index is 2.01. The molecule has 0 spiro atoms. The molecule has 0 saturated heterocycles. The number of nitrogens with two attached hydrogens (primary N) is 1. The van der Waals surface area contributed by atoms with Crippen molar-refractivity contribution >= 4 is 39.9 Å². The number of hydrogen-bond acceptors (Lipinski definition) is 5. The number of halogens is 2. The Morgan fingerprint density at radius 1 is 1.20 bits per heavy atom. The molecule has 2 N–H and O–H groups in total. The summed E-state index contributed by atoms with van der Waals surface area (Å²) < 4.78 is 6.29. The molecule has 1 aromatic carbocycles. The van der Waals surface area contributed by atoms with E-state index in [0.717, 1.165) is 3.57 Å². The molecular weight excluding hydrogens is 391 g/mol. The van der Waals surface area contributed by atoms with Gasteiger partial charge in [0.05, 0.1) is 10.6 Å². The van der Waals surface area contributed by atoms with Gasteiger partial charge in [-0.3, -0.25) is 4.98 Å². The first-order chi connectivity index (χ1) is 9.63. The van der Waals surface area contributed by atoms with Gasteiger partial charge in [0.1, 0.15) is 5.69 Å². The van der Waals surface area contributed by atoms with E-state index < -0.39 is 0 Å². The van der Waals surface area contributed by atoms with Crippen molar-refractivity contribution in [2.24, 2.45) is 0 Å². The van der Waals surface area contributed by atoms with Crippen molar-refractivity contribution in [3.63, 3.8) is 0 Å². The zero-order valence-electron chi connectivity index (χ0n) is 10.0. The van der Waals surface area contributed by atoms with Gasteiger partial charge in [-0.15, -0.1) is 0 Å². The third-order valence-corrected chi connectivity index (χ3v) is 3.52. The second-order valence-corrected chi connectivity index (χ2v) is 5.70. The van der Waals surface area contributed by atoms with Crippen LogP contribution in [0.4, 0.5) is 5.69 Å². The fourth-order valence-electron chi connectivity index (χ4n) is 1.66. The van der Waals surface area contributed by atoms with Crippen LogP contribution in [-0.4, -0.2) is 15.1 Å². The molecule has 0 aliphatic rings. The van der Waals surface area contributed by atoms with E-state index in [1.54, 1.807) is 12.1 Å². The first-order valence-corrected chi connectivity index (χ1v) is 7.10. The largest absolute Gasteiger partial charge is 0.398 e. The highest BCUT2D eigenvalue weighted by Gasteiger charge is 2.14. The third kappa shape index (κ3) is 2.61. The van der Waals surface area contributed by atoms with Crippen molar-refractivity contribution < 1.29 is 4.52 Å². The minimum Gasteiger partial charge on any atom is -0.398 e. The van der Waals surface area contributed by atoms with Gasteiger partial charge in [-0.05, 0) is 52.9 Å². The van der Waals surface area contributed by atoms with E-state index in [0.29, 0.717) is 33.7 Å². The Kier molecular flexibility index (Phi) is 3.58. The summed E-state index contributed by atoms with van der Waals surface area (Å²) in [5.41, 5.74) is 7.82. The first kappa shape index (κ1) is 13.3. The van der Waals surface area contributed by atoms with Gasteiger partial charge in [0.2, 0.25) is 5.82 Å². The fraction of sp³-hybridized carbons (Fsp3) is 0. The summed E-state index contributed by atoms with van der Waals surface area (Å²) in [6, 6.07) is 9.07. The first-order valence-electron chi connectivity index (χ1n) is 5.64. The SMILES string of the molecule is Nc1ccc(I)cc1-c1nc(-c2ccc(Cl)cn2)no1. The van der Waals surface area contributed by atoms with Crippen LogP contribution in [0.2, 0.25) is 5.02 Å². The van der Waals surface area contributed by atoms with E-state index in [4.69, 9.17) is 21.9 Å². The molecule has 0 atom stereocenters. The molecule has 20 heavy (non-hydrogen) atoms. The molecule has 5 nitrogen and oxygen atoms in total. The lowest BCUT2D eigenvalue weighted by atomic mass is 10.2. The fourth-order valence-corrected chi connectivity index (χ4v) is 2.26. The molecule has 0 aliphatic carbocycles. The van der Waals surface area contributed by atoms with E-state index in [1.165, 1.54) is 6.20 Å². The van der Waals surface area contributed by atoms with Crippen LogP contribution in [0.1, 0.15) is 0 Å². The van der Waals surface area contributed by atoms with Crippen LogP contribution < -0.4 is 5.73 Å². The van der Waals surface area contributed by atoms with Gasteiger partial charge in [0.25, 0.3) is 5.89 Å². The summed E-state index contributed by atoms with van der Waals surface area (Å²) in [6.07, 6.45) is 1.53. The van der Waals surface area contributed by atoms with Gasteiger partial charge in [0, 0.05) is 15.5 Å². The highest BCUT2D eigenvalue weighted by molar-refractivity contribution is 14.1. The summed E-state index contributed by atoms with van der Waals surface area (Å²) in [5, 5.41) is 4.47. The van der Waals surface area contributed by atoms with Crippen molar-refractivity contribution in [2.45, 2.75) is 0 Å². The molecule has 100 valence electrons. The Morgan fingerprint density at radius 2 is 2.05 bits per heavy atom. The van der Waals surface area contributed by atoms with Gasteiger partial charge >= 0.3 is 0 Å². The predicted molar refractivity (Wildman–Crippen MR) is 85.1 cm³/mol. The molecule has 0 aliphatic heterocycles. The van der Waals surface area contributed by atoms with E-state index in [-0.39, 0.29) is 0 Å². The van der Waals surface area contributed by atoms with Crippen molar-refractivity contribution in [3.05, 3.63) is 45.1 Å². The Hall–Kier alpha value is -1.67. The molecule has 0 unspecified atom stereocenters. The summed E-state index contributed by atoms with van der Waals surface area (Å²) in [6.45, 7) is 0. The number of pyridine rings is 1. The standard InChI is InChI=1S/C13H8ClIN4O/c14-7-1-4-11(17-6-7)12-18-13(20-19-12)9-5-8(15)2-3-10(9)16/h1-6H,16H2. The summed E-state index contributed by atoms with van der Waals surface area (Å²) in [7, 11) is 0. The molecule has 3 aromatic rings. The lowest BCUT2D eigenvalue weighted by molar-refractivity contribution is 0.432. The summed E-state index contributed by atoms with van der Waals surface area (Å²) in [5.74, 6) is 0.766. The maximum atomic E-state index is 5.93. The van der Waals surface area contributed by atoms with Crippen LogP contribution in [0, 0.1) is 3.57 Å². The number of rotatable bonds is 2. The molecule has 2 aromatic heterocycles. The van der Waals surface area contributed by atoms with Crippen molar-refractivity contribution in [2.75, 3.05) is 5.73 Å². The Bertz CT molecular complexity index is 757. The van der Waals surface area contributed by atoms with Gasteiger partial charge in [-0.1, -0.05) is 16.8 Å². The number of nitrogens with zero attached hydrogens (tertiary/aromatic N) is 3. The minimum absolute atomic E-state index is 0.368. The van der Waals surface area contributed by atoms with E-state index in [2.05, 4.69) is 37.7 Å². The van der Waals surface area contributed by atoms with Gasteiger partial charge in [-0.25, -0.2) is 0 Å². The molecule has 0 fully saturated rings. The molecule has 7 heteroatoms. The minimum atomic E-state index is 0.368. The normalized spacial score (nSPS) is 10.7. The number of hydrogen-bond donors (Lipinski definition) is 1. The van der Waals surface area contributed by atoms with Crippen LogP contribution in [0.3, 0.4) is 0 Å². The van der Waals surface area contributed by atoms with Gasteiger partial charge in [-0.2, -0.15) is 4.98 Å². The van der Waals surface area contributed by atoms with Gasteiger partial charge in [0.15, 0.2) is 0 Å². The topological polar surface area (TPSA) is 77.8 Å². The molecule has 3 rings (SSSR count). The molecular formula is C13H8ClIN4O. The van der Waals surface area contributed by atoms with Crippen molar-refractivity contribution in [3.8, 4) is 23.0 Å². The van der Waals surface area contributed by atoms with Crippen molar-refractivity contribution in [1.82, 2.24) is 15.1 Å². The van der Waals surface area contributed by atoms with Crippen LogP contribution in [0.15, 0.2) is 41.1 Å². The zero-order chi connectivity index (χ0) is 14.1.